The van der Waals surface area contributed by atoms with Gasteiger partial charge in [0, 0.05) is 12.5 Å². The lowest BCUT2D eigenvalue weighted by Crippen LogP contribution is -2.36. The van der Waals surface area contributed by atoms with Crippen LogP contribution in [0.1, 0.15) is 56.8 Å². The number of amides is 1. The molecule has 122 valence electrons. The molecule has 0 aliphatic carbocycles. The van der Waals surface area contributed by atoms with Crippen molar-refractivity contribution in [2.45, 2.75) is 45.1 Å². The molecule has 2 atom stereocenters. The third kappa shape index (κ3) is 2.88. The highest BCUT2D eigenvalue weighted by atomic mass is 32.2. The number of sulfone groups is 1. The number of likely N-dealkylation sites (tertiary alicyclic amines) is 1. The summed E-state index contributed by atoms with van der Waals surface area (Å²) in [5, 5.41) is 4.01. The Bertz CT molecular complexity index is 667. The van der Waals surface area contributed by atoms with Crippen LogP contribution in [0.4, 0.5) is 0 Å². The van der Waals surface area contributed by atoms with E-state index in [1.807, 2.05) is 13.8 Å². The standard InChI is InChI=1S/C14H21N3O4S/c1-9(2)13-15-12(16-21-13)11-4-3-6-17(11)14(18)10-5-7-22(19,20)8-10/h9-11H,3-8H2,1-2H3. The number of nitrogens with zero attached hydrogens (tertiary/aromatic N) is 3. The molecule has 2 fully saturated rings. The number of carbonyl (C=O) groups is 1. The Labute approximate surface area is 130 Å². The zero-order chi connectivity index (χ0) is 15.9. The second-order valence-corrected chi connectivity index (χ2v) is 8.66. The van der Waals surface area contributed by atoms with Crippen molar-refractivity contribution < 1.29 is 17.7 Å². The van der Waals surface area contributed by atoms with E-state index in [9.17, 15) is 13.2 Å². The summed E-state index contributed by atoms with van der Waals surface area (Å²) in [5.41, 5.74) is 0. The van der Waals surface area contributed by atoms with Crippen LogP contribution in [0.5, 0.6) is 0 Å². The normalized spacial score (nSPS) is 27.7. The molecule has 8 heteroatoms. The van der Waals surface area contributed by atoms with Crippen LogP contribution in [0.15, 0.2) is 4.52 Å². The van der Waals surface area contributed by atoms with Crippen molar-refractivity contribution in [3.8, 4) is 0 Å². The first-order valence-corrected chi connectivity index (χ1v) is 9.54. The molecule has 2 aliphatic rings. The average molecular weight is 327 g/mol. The van der Waals surface area contributed by atoms with Crippen molar-refractivity contribution in [1.29, 1.82) is 0 Å². The molecule has 2 saturated heterocycles. The average Bonchev–Trinajstić information content (AvgIpc) is 3.15. The molecule has 3 rings (SSSR count). The van der Waals surface area contributed by atoms with Gasteiger partial charge in [-0.1, -0.05) is 19.0 Å². The zero-order valence-corrected chi connectivity index (χ0v) is 13.7. The lowest BCUT2D eigenvalue weighted by atomic mass is 10.1. The number of hydrogen-bond donors (Lipinski definition) is 0. The van der Waals surface area contributed by atoms with E-state index in [0.717, 1.165) is 12.8 Å². The van der Waals surface area contributed by atoms with Gasteiger partial charge in [0.1, 0.15) is 0 Å². The van der Waals surface area contributed by atoms with Crippen LogP contribution in [0, 0.1) is 5.92 Å². The van der Waals surface area contributed by atoms with Crippen LogP contribution < -0.4 is 0 Å². The van der Waals surface area contributed by atoms with Gasteiger partial charge in [0.15, 0.2) is 15.7 Å². The summed E-state index contributed by atoms with van der Waals surface area (Å²) in [6, 6.07) is -0.188. The quantitative estimate of drug-likeness (QED) is 0.830. The van der Waals surface area contributed by atoms with Gasteiger partial charge < -0.3 is 9.42 Å². The maximum atomic E-state index is 12.6. The van der Waals surface area contributed by atoms with Gasteiger partial charge in [-0.2, -0.15) is 4.98 Å². The fraction of sp³-hybridized carbons (Fsp3) is 0.786. The van der Waals surface area contributed by atoms with Crippen LogP contribution in [0.3, 0.4) is 0 Å². The number of hydrogen-bond acceptors (Lipinski definition) is 6. The Kier molecular flexibility index (Phi) is 3.96. The molecule has 0 radical (unpaired) electrons. The predicted molar refractivity (Wildman–Crippen MR) is 78.8 cm³/mol. The van der Waals surface area contributed by atoms with E-state index in [4.69, 9.17) is 4.52 Å². The molecule has 0 aromatic carbocycles. The van der Waals surface area contributed by atoms with Gasteiger partial charge in [-0.15, -0.1) is 0 Å². The second-order valence-electron chi connectivity index (χ2n) is 6.44. The summed E-state index contributed by atoms with van der Waals surface area (Å²) in [7, 11) is -3.06. The SMILES string of the molecule is CC(C)c1nc(C2CCCN2C(=O)C2CCS(=O)(=O)C2)no1. The first-order valence-electron chi connectivity index (χ1n) is 7.72. The van der Waals surface area contributed by atoms with Gasteiger partial charge in [0.05, 0.1) is 23.5 Å². The molecule has 0 spiro atoms. The van der Waals surface area contributed by atoms with E-state index in [-0.39, 0.29) is 29.4 Å². The van der Waals surface area contributed by atoms with Gasteiger partial charge in [0.25, 0.3) is 0 Å². The topological polar surface area (TPSA) is 93.4 Å². The Balaban J connectivity index is 1.76. The molecule has 3 heterocycles. The molecule has 2 unspecified atom stereocenters. The minimum atomic E-state index is -3.06. The minimum Gasteiger partial charge on any atom is -0.339 e. The van der Waals surface area contributed by atoms with Gasteiger partial charge in [-0.3, -0.25) is 4.79 Å². The Morgan fingerprint density at radius 2 is 2.14 bits per heavy atom. The number of aromatic nitrogens is 2. The first-order chi connectivity index (χ1) is 10.4. The monoisotopic (exact) mass is 327 g/mol. The molecule has 0 N–H and O–H groups in total. The van der Waals surface area contributed by atoms with Gasteiger partial charge in [-0.25, -0.2) is 8.42 Å². The smallest absolute Gasteiger partial charge is 0.229 e. The predicted octanol–water partition coefficient (Wildman–Crippen LogP) is 1.29. The van der Waals surface area contributed by atoms with Gasteiger partial charge >= 0.3 is 0 Å². The number of carbonyl (C=O) groups excluding carboxylic acids is 1. The van der Waals surface area contributed by atoms with Crippen molar-refractivity contribution >= 4 is 15.7 Å². The Morgan fingerprint density at radius 1 is 1.36 bits per heavy atom. The summed E-state index contributed by atoms with van der Waals surface area (Å²) in [5.74, 6) is 0.835. The second kappa shape index (κ2) is 5.64. The zero-order valence-electron chi connectivity index (χ0n) is 12.9. The van der Waals surface area contributed by atoms with Gasteiger partial charge in [-0.05, 0) is 19.3 Å². The minimum absolute atomic E-state index is 0.0292. The summed E-state index contributed by atoms with van der Waals surface area (Å²) >= 11 is 0. The summed E-state index contributed by atoms with van der Waals surface area (Å²) in [4.78, 5) is 18.8. The maximum Gasteiger partial charge on any atom is 0.229 e. The molecular formula is C14H21N3O4S. The van der Waals surface area contributed by atoms with E-state index in [1.165, 1.54) is 0 Å². The molecule has 1 amide bonds. The third-order valence-corrected chi connectivity index (χ3v) is 6.13. The fourth-order valence-electron chi connectivity index (χ4n) is 3.14. The van der Waals surface area contributed by atoms with Crippen LogP contribution in [0.2, 0.25) is 0 Å². The summed E-state index contributed by atoms with van der Waals surface area (Å²) < 4.78 is 28.4. The van der Waals surface area contributed by atoms with Crippen LogP contribution in [-0.4, -0.2) is 47.4 Å². The molecule has 2 aliphatic heterocycles. The lowest BCUT2D eigenvalue weighted by molar-refractivity contribution is -0.135. The van der Waals surface area contributed by atoms with E-state index < -0.39 is 15.8 Å². The van der Waals surface area contributed by atoms with Gasteiger partial charge in [0.2, 0.25) is 11.8 Å². The highest BCUT2D eigenvalue weighted by molar-refractivity contribution is 7.91. The molecule has 1 aromatic heterocycles. The van der Waals surface area contributed by atoms with E-state index in [1.54, 1.807) is 4.90 Å². The number of rotatable bonds is 3. The van der Waals surface area contributed by atoms with Crippen molar-refractivity contribution in [1.82, 2.24) is 15.0 Å². The van der Waals surface area contributed by atoms with Crippen LogP contribution in [0.25, 0.3) is 0 Å². The van der Waals surface area contributed by atoms with E-state index in [2.05, 4.69) is 10.1 Å². The molecule has 0 saturated carbocycles. The van der Waals surface area contributed by atoms with E-state index in [0.29, 0.717) is 24.7 Å². The third-order valence-electron chi connectivity index (χ3n) is 4.37. The van der Waals surface area contributed by atoms with E-state index >= 15 is 0 Å². The van der Waals surface area contributed by atoms with Crippen LogP contribution in [-0.2, 0) is 14.6 Å². The Hall–Kier alpha value is -1.44. The summed E-state index contributed by atoms with van der Waals surface area (Å²) in [6.07, 6.45) is 2.09. The molecule has 1 aromatic rings. The van der Waals surface area contributed by atoms with Crippen molar-refractivity contribution in [2.75, 3.05) is 18.1 Å². The van der Waals surface area contributed by atoms with Crippen LogP contribution >= 0.6 is 0 Å². The largest absolute Gasteiger partial charge is 0.339 e. The maximum absolute atomic E-state index is 12.6. The molecule has 0 bridgehead atoms. The summed E-state index contributed by atoms with van der Waals surface area (Å²) in [6.45, 7) is 4.57. The first kappa shape index (κ1) is 15.5. The molecular weight excluding hydrogens is 306 g/mol. The van der Waals surface area contributed by atoms with Crippen molar-refractivity contribution in [2.24, 2.45) is 5.92 Å². The molecule has 22 heavy (non-hydrogen) atoms. The highest BCUT2D eigenvalue weighted by Crippen LogP contribution is 2.33. The lowest BCUT2D eigenvalue weighted by Gasteiger charge is -2.24. The van der Waals surface area contributed by atoms with Crippen molar-refractivity contribution in [3.63, 3.8) is 0 Å². The molecule has 7 nitrogen and oxygen atoms in total. The fourth-order valence-corrected chi connectivity index (χ4v) is 4.87. The highest BCUT2D eigenvalue weighted by Gasteiger charge is 2.40. The van der Waals surface area contributed by atoms with Crippen molar-refractivity contribution in [3.05, 3.63) is 11.7 Å². The Morgan fingerprint density at radius 3 is 2.73 bits per heavy atom.